The zero-order valence-corrected chi connectivity index (χ0v) is 16.7. The average Bonchev–Trinajstić information content (AvgIpc) is 2.61. The highest BCUT2D eigenvalue weighted by molar-refractivity contribution is 5.11. The molecule has 2 aromatic heterocycles. The number of hydrogen-bond donors (Lipinski definition) is 0. The molecule has 4 nitrogen and oxygen atoms in total. The van der Waals surface area contributed by atoms with E-state index in [0.717, 1.165) is 24.5 Å². The third-order valence-corrected chi connectivity index (χ3v) is 5.54. The van der Waals surface area contributed by atoms with Crippen LogP contribution >= 0.6 is 0 Å². The van der Waals surface area contributed by atoms with Crippen LogP contribution in [0.4, 0.5) is 0 Å². The van der Waals surface area contributed by atoms with Crippen LogP contribution in [0, 0.1) is 13.8 Å². The quantitative estimate of drug-likeness (QED) is 0.787. The molecule has 2 atom stereocenters. The molecule has 0 aliphatic heterocycles. The zero-order valence-electron chi connectivity index (χ0n) is 16.7. The van der Waals surface area contributed by atoms with Crippen LogP contribution in [0.1, 0.15) is 48.5 Å². The lowest BCUT2D eigenvalue weighted by molar-refractivity contribution is 0.0679. The van der Waals surface area contributed by atoms with Crippen LogP contribution in [0.15, 0.2) is 36.4 Å². The van der Waals surface area contributed by atoms with E-state index in [4.69, 9.17) is 9.97 Å². The van der Waals surface area contributed by atoms with Gasteiger partial charge in [0.25, 0.3) is 0 Å². The molecule has 2 aromatic rings. The van der Waals surface area contributed by atoms with Crippen LogP contribution in [-0.2, 0) is 13.1 Å². The van der Waals surface area contributed by atoms with Gasteiger partial charge >= 0.3 is 0 Å². The van der Waals surface area contributed by atoms with Crippen LogP contribution in [0.25, 0.3) is 0 Å². The minimum Gasteiger partial charge on any atom is -0.296 e. The molecule has 1 fully saturated rings. The lowest BCUT2D eigenvalue weighted by Gasteiger charge is -2.42. The fourth-order valence-electron chi connectivity index (χ4n) is 4.24. The van der Waals surface area contributed by atoms with Crippen molar-refractivity contribution < 1.29 is 0 Å². The van der Waals surface area contributed by atoms with Gasteiger partial charge in [0.15, 0.2) is 0 Å². The second kappa shape index (κ2) is 8.74. The number of aromatic nitrogens is 2. The third-order valence-electron chi connectivity index (χ3n) is 5.54. The zero-order chi connectivity index (χ0) is 18.5. The molecule has 0 aromatic carbocycles. The predicted molar refractivity (Wildman–Crippen MR) is 107 cm³/mol. The first-order chi connectivity index (χ1) is 12.5. The van der Waals surface area contributed by atoms with E-state index in [1.54, 1.807) is 0 Å². The summed E-state index contributed by atoms with van der Waals surface area (Å²) in [6.45, 7) is 5.96. The molecular formula is C22H32N4. The summed E-state index contributed by atoms with van der Waals surface area (Å²) in [6, 6.07) is 13.8. The van der Waals surface area contributed by atoms with Crippen LogP contribution < -0.4 is 0 Å². The fourth-order valence-corrected chi connectivity index (χ4v) is 4.24. The summed E-state index contributed by atoms with van der Waals surface area (Å²) in [5.74, 6) is 0. The van der Waals surface area contributed by atoms with Crippen molar-refractivity contribution in [2.75, 3.05) is 14.1 Å². The molecule has 3 rings (SSSR count). The molecule has 4 heteroatoms. The molecule has 140 valence electrons. The first-order valence-corrected chi connectivity index (χ1v) is 9.78. The molecule has 2 heterocycles. The van der Waals surface area contributed by atoms with Gasteiger partial charge < -0.3 is 0 Å². The molecule has 0 amide bonds. The van der Waals surface area contributed by atoms with E-state index in [1.807, 2.05) is 0 Å². The summed E-state index contributed by atoms with van der Waals surface area (Å²) < 4.78 is 0. The van der Waals surface area contributed by atoms with Crippen molar-refractivity contribution in [1.82, 2.24) is 19.8 Å². The van der Waals surface area contributed by atoms with Gasteiger partial charge in [-0.2, -0.15) is 0 Å². The van der Waals surface area contributed by atoms with E-state index >= 15 is 0 Å². The number of rotatable bonds is 6. The highest BCUT2D eigenvalue weighted by atomic mass is 15.2. The van der Waals surface area contributed by atoms with Crippen molar-refractivity contribution in [1.29, 1.82) is 0 Å². The van der Waals surface area contributed by atoms with Crippen molar-refractivity contribution in [2.24, 2.45) is 0 Å². The number of aryl methyl sites for hydroxylation is 2. The highest BCUT2D eigenvalue weighted by Crippen LogP contribution is 2.27. The second-order valence-corrected chi connectivity index (χ2v) is 7.79. The van der Waals surface area contributed by atoms with Gasteiger partial charge in [-0.25, -0.2) is 0 Å². The number of hydrogen-bond acceptors (Lipinski definition) is 4. The van der Waals surface area contributed by atoms with Crippen molar-refractivity contribution in [2.45, 2.75) is 64.7 Å². The number of pyridine rings is 2. The molecular weight excluding hydrogens is 320 g/mol. The number of nitrogens with zero attached hydrogens (tertiary/aromatic N) is 4. The molecule has 0 spiro atoms. The normalized spacial score (nSPS) is 20.7. The molecule has 0 N–H and O–H groups in total. The second-order valence-electron chi connectivity index (χ2n) is 7.79. The Morgan fingerprint density at radius 2 is 1.19 bits per heavy atom. The summed E-state index contributed by atoms with van der Waals surface area (Å²) in [7, 11) is 4.51. The first-order valence-electron chi connectivity index (χ1n) is 9.78. The first kappa shape index (κ1) is 19.0. The maximum absolute atomic E-state index is 4.69. The summed E-state index contributed by atoms with van der Waals surface area (Å²) >= 11 is 0. The van der Waals surface area contributed by atoms with Gasteiger partial charge in [-0.1, -0.05) is 25.0 Å². The molecule has 0 radical (unpaired) electrons. The van der Waals surface area contributed by atoms with Crippen molar-refractivity contribution in [3.05, 3.63) is 59.2 Å². The smallest absolute Gasteiger partial charge is 0.0547 e. The monoisotopic (exact) mass is 352 g/mol. The molecule has 26 heavy (non-hydrogen) atoms. The Labute approximate surface area is 158 Å². The largest absolute Gasteiger partial charge is 0.296 e. The molecule has 1 aliphatic carbocycles. The Hall–Kier alpha value is -1.78. The number of likely N-dealkylation sites (N-methyl/N-ethyl adjacent to an activating group) is 2. The maximum Gasteiger partial charge on any atom is 0.0547 e. The van der Waals surface area contributed by atoms with E-state index < -0.39 is 0 Å². The van der Waals surface area contributed by atoms with Gasteiger partial charge in [0.1, 0.15) is 0 Å². The van der Waals surface area contributed by atoms with Gasteiger partial charge in [-0.05, 0) is 65.0 Å². The molecule has 0 saturated heterocycles. The minimum atomic E-state index is 0.570. The van der Waals surface area contributed by atoms with E-state index in [1.165, 1.54) is 37.1 Å². The lowest BCUT2D eigenvalue weighted by atomic mass is 9.88. The SMILES string of the molecule is Cc1cccc(CN(C)[C@H]2CCCC[C@@H]2N(C)Cc2cccc(C)n2)n1. The lowest BCUT2D eigenvalue weighted by Crippen LogP contribution is -2.50. The standard InChI is InChI=1S/C22H32N4/c1-17-9-7-11-19(23-17)15-25(3)21-13-5-6-14-22(21)26(4)16-20-12-8-10-18(2)24-20/h7-12,21-22H,5-6,13-16H2,1-4H3/t21-,22-/m0/s1. The Balaban J connectivity index is 1.68. The predicted octanol–water partition coefficient (Wildman–Crippen LogP) is 3.97. The van der Waals surface area contributed by atoms with Gasteiger partial charge in [0, 0.05) is 36.6 Å². The Morgan fingerprint density at radius 1 is 0.769 bits per heavy atom. The minimum absolute atomic E-state index is 0.570. The van der Waals surface area contributed by atoms with Gasteiger partial charge in [-0.3, -0.25) is 19.8 Å². The maximum atomic E-state index is 4.69. The topological polar surface area (TPSA) is 32.3 Å². The van der Waals surface area contributed by atoms with Crippen molar-refractivity contribution >= 4 is 0 Å². The third kappa shape index (κ3) is 4.89. The van der Waals surface area contributed by atoms with E-state index in [2.05, 4.69) is 74.1 Å². The van der Waals surface area contributed by atoms with E-state index in [0.29, 0.717) is 12.1 Å². The Kier molecular flexibility index (Phi) is 6.38. The highest BCUT2D eigenvalue weighted by Gasteiger charge is 2.31. The van der Waals surface area contributed by atoms with E-state index in [9.17, 15) is 0 Å². The van der Waals surface area contributed by atoms with Crippen molar-refractivity contribution in [3.63, 3.8) is 0 Å². The molecule has 0 bridgehead atoms. The average molecular weight is 353 g/mol. The molecule has 0 unspecified atom stereocenters. The van der Waals surface area contributed by atoms with Crippen LogP contribution in [0.5, 0.6) is 0 Å². The van der Waals surface area contributed by atoms with Gasteiger partial charge in [0.2, 0.25) is 0 Å². The van der Waals surface area contributed by atoms with Crippen LogP contribution in [-0.4, -0.2) is 45.9 Å². The van der Waals surface area contributed by atoms with Gasteiger partial charge in [-0.15, -0.1) is 0 Å². The molecule has 1 aliphatic rings. The summed E-state index contributed by atoms with van der Waals surface area (Å²) in [5.41, 5.74) is 4.53. The van der Waals surface area contributed by atoms with Crippen LogP contribution in [0.3, 0.4) is 0 Å². The van der Waals surface area contributed by atoms with Crippen LogP contribution in [0.2, 0.25) is 0 Å². The van der Waals surface area contributed by atoms with E-state index in [-0.39, 0.29) is 0 Å². The summed E-state index contributed by atoms with van der Waals surface area (Å²) in [6.07, 6.45) is 5.17. The van der Waals surface area contributed by atoms with Gasteiger partial charge in [0.05, 0.1) is 11.4 Å². The Bertz CT molecular complexity index is 653. The molecule has 1 saturated carbocycles. The summed E-state index contributed by atoms with van der Waals surface area (Å²) in [5, 5.41) is 0. The van der Waals surface area contributed by atoms with Crippen molar-refractivity contribution in [3.8, 4) is 0 Å². The summed E-state index contributed by atoms with van der Waals surface area (Å²) in [4.78, 5) is 14.4. The fraction of sp³-hybridized carbons (Fsp3) is 0.545. The Morgan fingerprint density at radius 3 is 1.58 bits per heavy atom.